The second-order valence-corrected chi connectivity index (χ2v) is 6.18. The molecular formula is C14H28ClN3O. The Kier molecular flexibility index (Phi) is 6.09. The first-order chi connectivity index (χ1) is 8.54. The van der Waals surface area contributed by atoms with Crippen LogP contribution >= 0.6 is 12.4 Å². The lowest BCUT2D eigenvalue weighted by Crippen LogP contribution is -2.45. The second kappa shape index (κ2) is 6.91. The van der Waals surface area contributed by atoms with E-state index in [9.17, 15) is 4.79 Å². The Balaban J connectivity index is 0.00000180. The maximum atomic E-state index is 12.6. The molecule has 19 heavy (non-hydrogen) atoms. The van der Waals surface area contributed by atoms with E-state index < -0.39 is 0 Å². The summed E-state index contributed by atoms with van der Waals surface area (Å²) in [5.41, 5.74) is 6.13. The molecule has 4 atom stereocenters. The molecule has 0 bridgehead atoms. The first-order valence-electron chi connectivity index (χ1n) is 7.25. The minimum absolute atomic E-state index is 0. The van der Waals surface area contributed by atoms with Crippen molar-refractivity contribution in [3.63, 3.8) is 0 Å². The van der Waals surface area contributed by atoms with Gasteiger partial charge in [0.2, 0.25) is 5.91 Å². The van der Waals surface area contributed by atoms with E-state index in [0.29, 0.717) is 23.8 Å². The number of amides is 1. The van der Waals surface area contributed by atoms with Crippen molar-refractivity contribution in [3.05, 3.63) is 0 Å². The van der Waals surface area contributed by atoms with Crippen LogP contribution in [0.15, 0.2) is 0 Å². The number of likely N-dealkylation sites (N-methyl/N-ethyl adjacent to an activating group) is 1. The molecule has 2 N–H and O–H groups in total. The van der Waals surface area contributed by atoms with E-state index >= 15 is 0 Å². The topological polar surface area (TPSA) is 49.6 Å². The normalized spacial score (nSPS) is 31.2. The maximum Gasteiger partial charge on any atom is 0.239 e. The van der Waals surface area contributed by atoms with Gasteiger partial charge in [0.05, 0.1) is 6.04 Å². The smallest absolute Gasteiger partial charge is 0.239 e. The molecule has 2 aliphatic rings. The zero-order valence-electron chi connectivity index (χ0n) is 12.3. The number of nitrogens with two attached hydrogens (primary N) is 1. The predicted molar refractivity (Wildman–Crippen MR) is 80.4 cm³/mol. The van der Waals surface area contributed by atoms with Gasteiger partial charge in [0.15, 0.2) is 0 Å². The average molecular weight is 290 g/mol. The largest absolute Gasteiger partial charge is 0.341 e. The van der Waals surface area contributed by atoms with Crippen LogP contribution < -0.4 is 5.73 Å². The lowest BCUT2D eigenvalue weighted by molar-refractivity contribution is -0.135. The summed E-state index contributed by atoms with van der Waals surface area (Å²) < 4.78 is 0. The number of halogens is 1. The van der Waals surface area contributed by atoms with E-state index in [-0.39, 0.29) is 18.4 Å². The van der Waals surface area contributed by atoms with Crippen LogP contribution in [0.5, 0.6) is 0 Å². The van der Waals surface area contributed by atoms with Gasteiger partial charge in [0, 0.05) is 19.1 Å². The van der Waals surface area contributed by atoms with Crippen LogP contribution in [0.1, 0.15) is 32.6 Å². The first kappa shape index (κ1) is 16.7. The summed E-state index contributed by atoms with van der Waals surface area (Å²) in [7, 11) is 4.00. The summed E-state index contributed by atoms with van der Waals surface area (Å²) in [6.07, 6.45) is 4.35. The first-order valence-corrected chi connectivity index (χ1v) is 7.25. The van der Waals surface area contributed by atoms with Gasteiger partial charge in [0.25, 0.3) is 0 Å². The highest BCUT2D eigenvalue weighted by Crippen LogP contribution is 2.37. The molecule has 0 radical (unpaired) electrons. The molecule has 1 aliphatic heterocycles. The number of carbonyl (C=O) groups excluding carboxylic acids is 1. The molecule has 0 spiro atoms. The summed E-state index contributed by atoms with van der Waals surface area (Å²) >= 11 is 0. The molecule has 2 rings (SSSR count). The molecule has 1 heterocycles. The van der Waals surface area contributed by atoms with Crippen LogP contribution in [0.4, 0.5) is 0 Å². The van der Waals surface area contributed by atoms with Crippen molar-refractivity contribution in [3.8, 4) is 0 Å². The lowest BCUT2D eigenvalue weighted by Gasteiger charge is -2.28. The fourth-order valence-corrected chi connectivity index (χ4v) is 3.57. The third-order valence-corrected chi connectivity index (χ3v) is 4.69. The number of carbonyl (C=O) groups is 1. The van der Waals surface area contributed by atoms with Crippen molar-refractivity contribution in [1.82, 2.24) is 9.80 Å². The molecule has 2 fully saturated rings. The average Bonchev–Trinajstić information content (AvgIpc) is 2.88. The molecule has 4 nitrogen and oxygen atoms in total. The lowest BCUT2D eigenvalue weighted by atomic mass is 9.98. The summed E-state index contributed by atoms with van der Waals surface area (Å²) in [4.78, 5) is 16.7. The van der Waals surface area contributed by atoms with E-state index in [0.717, 1.165) is 32.4 Å². The van der Waals surface area contributed by atoms with Crippen LogP contribution in [0.25, 0.3) is 0 Å². The van der Waals surface area contributed by atoms with Gasteiger partial charge in [-0.05, 0) is 45.2 Å². The SMILES string of the molecule is CCCC(C(=O)N1CC2CCC(N)C2C1)N(C)C.Cl. The number of rotatable bonds is 4. The molecular weight excluding hydrogens is 262 g/mol. The molecule has 5 heteroatoms. The van der Waals surface area contributed by atoms with Gasteiger partial charge in [-0.1, -0.05) is 13.3 Å². The van der Waals surface area contributed by atoms with Crippen molar-refractivity contribution in [2.24, 2.45) is 17.6 Å². The summed E-state index contributed by atoms with van der Waals surface area (Å²) in [5, 5.41) is 0. The molecule has 112 valence electrons. The summed E-state index contributed by atoms with van der Waals surface area (Å²) in [5.74, 6) is 1.52. The van der Waals surface area contributed by atoms with Crippen LogP contribution in [-0.4, -0.2) is 55.0 Å². The van der Waals surface area contributed by atoms with Crippen molar-refractivity contribution in [2.45, 2.75) is 44.7 Å². The third kappa shape index (κ3) is 3.41. The van der Waals surface area contributed by atoms with E-state index in [1.54, 1.807) is 0 Å². The summed E-state index contributed by atoms with van der Waals surface area (Å²) in [6.45, 7) is 3.96. The fourth-order valence-electron chi connectivity index (χ4n) is 3.57. The van der Waals surface area contributed by atoms with Crippen LogP contribution in [0, 0.1) is 11.8 Å². The van der Waals surface area contributed by atoms with Crippen molar-refractivity contribution in [1.29, 1.82) is 0 Å². The van der Waals surface area contributed by atoms with Gasteiger partial charge >= 0.3 is 0 Å². The van der Waals surface area contributed by atoms with Crippen molar-refractivity contribution < 1.29 is 4.79 Å². The van der Waals surface area contributed by atoms with Crippen molar-refractivity contribution in [2.75, 3.05) is 27.2 Å². The molecule has 1 aliphatic carbocycles. The number of hydrogen-bond acceptors (Lipinski definition) is 3. The number of nitrogens with zero attached hydrogens (tertiary/aromatic N) is 2. The van der Waals surface area contributed by atoms with E-state index in [1.165, 1.54) is 6.42 Å². The molecule has 1 saturated heterocycles. The minimum atomic E-state index is 0. The Bertz CT molecular complexity index is 311. The Labute approximate surface area is 123 Å². The molecule has 0 aromatic carbocycles. The summed E-state index contributed by atoms with van der Waals surface area (Å²) in [6, 6.07) is 0.363. The Morgan fingerprint density at radius 2 is 2.05 bits per heavy atom. The van der Waals surface area contributed by atoms with Gasteiger partial charge in [-0.25, -0.2) is 0 Å². The number of hydrogen-bond donors (Lipinski definition) is 1. The minimum Gasteiger partial charge on any atom is -0.341 e. The van der Waals surface area contributed by atoms with Gasteiger partial charge in [0.1, 0.15) is 0 Å². The van der Waals surface area contributed by atoms with E-state index in [1.807, 2.05) is 14.1 Å². The highest BCUT2D eigenvalue weighted by Gasteiger charge is 2.43. The highest BCUT2D eigenvalue weighted by atomic mass is 35.5. The van der Waals surface area contributed by atoms with E-state index in [4.69, 9.17) is 5.73 Å². The van der Waals surface area contributed by atoms with Gasteiger partial charge in [-0.3, -0.25) is 9.69 Å². The molecule has 4 unspecified atom stereocenters. The molecule has 1 amide bonds. The fraction of sp³-hybridized carbons (Fsp3) is 0.929. The molecule has 1 saturated carbocycles. The molecule has 0 aromatic rings. The van der Waals surface area contributed by atoms with Gasteiger partial charge in [-0.15, -0.1) is 12.4 Å². The van der Waals surface area contributed by atoms with Crippen LogP contribution in [0.2, 0.25) is 0 Å². The van der Waals surface area contributed by atoms with E-state index in [2.05, 4.69) is 16.7 Å². The van der Waals surface area contributed by atoms with Gasteiger partial charge in [-0.2, -0.15) is 0 Å². The third-order valence-electron chi connectivity index (χ3n) is 4.69. The van der Waals surface area contributed by atoms with Gasteiger partial charge < -0.3 is 10.6 Å². The van der Waals surface area contributed by atoms with Crippen LogP contribution in [-0.2, 0) is 4.79 Å². The zero-order valence-corrected chi connectivity index (χ0v) is 13.2. The zero-order chi connectivity index (χ0) is 13.3. The standard InChI is InChI=1S/C14H27N3O.ClH/c1-4-5-13(16(2)3)14(18)17-8-10-6-7-12(15)11(10)9-17;/h10-13H,4-9,15H2,1-3H3;1H. The highest BCUT2D eigenvalue weighted by molar-refractivity contribution is 5.85. The Morgan fingerprint density at radius 3 is 2.58 bits per heavy atom. The van der Waals surface area contributed by atoms with Crippen LogP contribution in [0.3, 0.4) is 0 Å². The second-order valence-electron chi connectivity index (χ2n) is 6.18. The number of fused-ring (bicyclic) bond motifs is 1. The number of likely N-dealkylation sites (tertiary alicyclic amines) is 1. The molecule has 0 aromatic heterocycles. The monoisotopic (exact) mass is 289 g/mol. The predicted octanol–water partition coefficient (Wildman–Crippen LogP) is 1.33. The van der Waals surface area contributed by atoms with Crippen molar-refractivity contribution >= 4 is 18.3 Å². The Morgan fingerprint density at radius 1 is 1.37 bits per heavy atom. The maximum absolute atomic E-state index is 12.6. The quantitative estimate of drug-likeness (QED) is 0.850. The Hall–Kier alpha value is -0.320.